The third kappa shape index (κ3) is 4.50. The highest BCUT2D eigenvalue weighted by molar-refractivity contribution is 9.10. The number of halogens is 1. The highest BCUT2D eigenvalue weighted by Crippen LogP contribution is 2.63. The molecule has 11 heteroatoms. The number of fused-ring (bicyclic) bond motifs is 2. The van der Waals surface area contributed by atoms with E-state index in [0.717, 1.165) is 5.56 Å². The number of hydrogen-bond acceptors (Lipinski definition) is 10. The largest absolute Gasteiger partial charge is 0.506 e. The third-order valence-corrected chi connectivity index (χ3v) is 12.6. The van der Waals surface area contributed by atoms with Crippen LogP contribution in [0.15, 0.2) is 16.1 Å². The molecule has 1 aromatic rings. The lowest BCUT2D eigenvalue weighted by Crippen LogP contribution is -2.66. The van der Waals surface area contributed by atoms with E-state index in [1.54, 1.807) is 42.4 Å². The highest BCUT2D eigenvalue weighted by Gasteiger charge is 2.67. The summed E-state index contributed by atoms with van der Waals surface area (Å²) in [6.07, 6.45) is 6.07. The number of rotatable bonds is 11. The third-order valence-electron chi connectivity index (χ3n) is 6.10. The number of ether oxygens (including phenoxy) is 5. The molecule has 1 heterocycles. The van der Waals surface area contributed by atoms with Crippen LogP contribution >= 0.6 is 51.2 Å². The summed E-state index contributed by atoms with van der Waals surface area (Å²) in [4.78, 5) is 13.5. The molecule has 1 aliphatic carbocycles. The summed E-state index contributed by atoms with van der Waals surface area (Å²) in [7, 11) is 3.14. The van der Waals surface area contributed by atoms with Crippen LogP contribution in [0.25, 0.3) is 5.76 Å². The van der Waals surface area contributed by atoms with Gasteiger partial charge in [0.15, 0.2) is 14.8 Å². The average molecular weight is 596 g/mol. The van der Waals surface area contributed by atoms with E-state index in [9.17, 15) is 9.90 Å². The zero-order valence-corrected chi connectivity index (χ0v) is 24.2. The van der Waals surface area contributed by atoms with E-state index in [1.807, 2.05) is 31.8 Å². The normalized spacial score (nSPS) is 22.3. The van der Waals surface area contributed by atoms with Gasteiger partial charge in [-0.05, 0) is 59.7 Å². The zero-order valence-electron chi connectivity index (χ0n) is 20.2. The van der Waals surface area contributed by atoms with Crippen molar-refractivity contribution in [3.05, 3.63) is 27.2 Å². The van der Waals surface area contributed by atoms with Crippen molar-refractivity contribution in [1.29, 1.82) is 0 Å². The molecule has 0 radical (unpaired) electrons. The van der Waals surface area contributed by atoms with E-state index in [0.29, 0.717) is 41.2 Å². The molecule has 3 rings (SSSR count). The summed E-state index contributed by atoms with van der Waals surface area (Å²) in [5.41, 5.74) is 0.203. The van der Waals surface area contributed by atoms with Gasteiger partial charge in [0.2, 0.25) is 0 Å². The summed E-state index contributed by atoms with van der Waals surface area (Å²) in [5.74, 6) is 0.585. The van der Waals surface area contributed by atoms with Crippen LogP contribution in [0, 0.1) is 6.92 Å². The molecule has 190 valence electrons. The van der Waals surface area contributed by atoms with E-state index >= 15 is 0 Å². The second-order valence-corrected chi connectivity index (χ2v) is 12.4. The van der Waals surface area contributed by atoms with E-state index in [1.165, 1.54) is 7.11 Å². The molecule has 0 amide bonds. The van der Waals surface area contributed by atoms with Gasteiger partial charge in [-0.3, -0.25) is 4.79 Å². The van der Waals surface area contributed by atoms with Crippen molar-refractivity contribution in [2.45, 2.75) is 34.9 Å². The molecule has 0 unspecified atom stereocenters. The number of carbonyl (C=O) groups excluding carboxylic acids is 1. The standard InChI is InChI=1S/C23H31BrO7S3/c1-13-11-15-17(21(28-3)19(13)24)20(26)18-14(25)7-8-16(30-12-29-10-9-27-2)22(18,31-15)23(32-4,33-5)34-6/h11,16,26H,7-10,12H2,1-6H3/t16-,22-/m0/s1. The van der Waals surface area contributed by atoms with Gasteiger partial charge in [0.1, 0.15) is 35.7 Å². The molecular weight excluding hydrogens is 564 g/mol. The Bertz CT molecular complexity index is 943. The number of methoxy groups -OCH3 is 2. The minimum absolute atomic E-state index is 0.0180. The van der Waals surface area contributed by atoms with E-state index in [2.05, 4.69) is 15.9 Å². The van der Waals surface area contributed by atoms with Crippen molar-refractivity contribution in [2.24, 2.45) is 0 Å². The van der Waals surface area contributed by atoms with Crippen LogP contribution in [0.2, 0.25) is 0 Å². The molecule has 0 spiro atoms. The fraction of sp³-hybridized carbons (Fsp3) is 0.609. The molecule has 1 aromatic carbocycles. The maximum absolute atomic E-state index is 13.5. The molecule has 7 nitrogen and oxygen atoms in total. The van der Waals surface area contributed by atoms with Gasteiger partial charge in [0.25, 0.3) is 0 Å². The fourth-order valence-electron chi connectivity index (χ4n) is 4.56. The second kappa shape index (κ2) is 11.7. The Balaban J connectivity index is 2.25. The van der Waals surface area contributed by atoms with Crippen molar-refractivity contribution in [1.82, 2.24) is 0 Å². The average Bonchev–Trinajstić information content (AvgIpc) is 2.83. The molecule has 0 bridgehead atoms. The van der Waals surface area contributed by atoms with Crippen LogP contribution in [-0.4, -0.2) is 79.0 Å². The first-order valence-corrected chi connectivity index (χ1v) is 15.1. The SMILES string of the molecule is COCCOCO[C@H]1CCC(=O)C2=C(O)c3c(cc(C)c(Br)c3OC)O[C@]21C(SC)(SC)SC. The van der Waals surface area contributed by atoms with E-state index < -0.39 is 15.1 Å². The number of carbonyl (C=O) groups is 1. The summed E-state index contributed by atoms with van der Waals surface area (Å²) in [6.45, 7) is 2.78. The number of aliphatic hydroxyl groups is 1. The number of aryl methyl sites for hydroxylation is 1. The van der Waals surface area contributed by atoms with Crippen LogP contribution in [-0.2, 0) is 19.0 Å². The van der Waals surface area contributed by atoms with Crippen molar-refractivity contribution < 1.29 is 33.6 Å². The number of Topliss-reactive ketones (excluding diaryl/α,β-unsaturated/α-hetero) is 1. The number of hydrogen-bond donors (Lipinski definition) is 1. The number of thioether (sulfide) groups is 3. The lowest BCUT2D eigenvalue weighted by molar-refractivity contribution is -0.158. The van der Waals surface area contributed by atoms with Gasteiger partial charge >= 0.3 is 0 Å². The maximum Gasteiger partial charge on any atom is 0.200 e. The quantitative estimate of drug-likeness (QED) is 0.270. The van der Waals surface area contributed by atoms with Crippen molar-refractivity contribution >= 4 is 62.8 Å². The Labute approximate surface area is 222 Å². The maximum atomic E-state index is 13.5. The molecule has 1 saturated carbocycles. The Hall–Kier alpha value is -0.560. The minimum atomic E-state index is -1.27. The van der Waals surface area contributed by atoms with Gasteiger partial charge in [0, 0.05) is 13.5 Å². The molecular formula is C23H31BrO7S3. The van der Waals surface area contributed by atoms with Crippen molar-refractivity contribution in [3.63, 3.8) is 0 Å². The lowest BCUT2D eigenvalue weighted by atomic mass is 9.74. The minimum Gasteiger partial charge on any atom is -0.506 e. The van der Waals surface area contributed by atoms with Crippen LogP contribution in [0.3, 0.4) is 0 Å². The van der Waals surface area contributed by atoms with Gasteiger partial charge in [0.05, 0.1) is 30.4 Å². The summed E-state index contributed by atoms with van der Waals surface area (Å²) in [5, 5.41) is 11.7. The van der Waals surface area contributed by atoms with Gasteiger partial charge in [-0.25, -0.2) is 0 Å². The van der Waals surface area contributed by atoms with E-state index in [4.69, 9.17) is 23.7 Å². The first-order chi connectivity index (χ1) is 16.3. The van der Waals surface area contributed by atoms with Gasteiger partial charge in [-0.15, -0.1) is 35.3 Å². The first kappa shape index (κ1) is 28.0. The van der Waals surface area contributed by atoms with Crippen LogP contribution in [0.4, 0.5) is 0 Å². The second-order valence-electron chi connectivity index (χ2n) is 7.78. The van der Waals surface area contributed by atoms with Gasteiger partial charge < -0.3 is 28.8 Å². The molecule has 2 aliphatic rings. The van der Waals surface area contributed by atoms with Crippen LogP contribution in [0.5, 0.6) is 11.5 Å². The number of benzene rings is 1. The predicted octanol–water partition coefficient (Wildman–Crippen LogP) is 5.28. The Morgan fingerprint density at radius 2 is 1.91 bits per heavy atom. The van der Waals surface area contributed by atoms with Crippen molar-refractivity contribution in [3.8, 4) is 11.5 Å². The van der Waals surface area contributed by atoms with Gasteiger partial charge in [-0.2, -0.15) is 0 Å². The molecule has 1 aliphatic heterocycles. The number of aliphatic hydroxyl groups excluding tert-OH is 1. The zero-order chi connectivity index (χ0) is 25.1. The Morgan fingerprint density at radius 3 is 2.50 bits per heavy atom. The van der Waals surface area contributed by atoms with Crippen LogP contribution in [0.1, 0.15) is 24.0 Å². The Morgan fingerprint density at radius 1 is 1.24 bits per heavy atom. The lowest BCUT2D eigenvalue weighted by Gasteiger charge is -2.55. The molecule has 34 heavy (non-hydrogen) atoms. The summed E-state index contributed by atoms with van der Waals surface area (Å²) >= 11 is 8.26. The molecule has 1 N–H and O–H groups in total. The Kier molecular flexibility index (Phi) is 9.61. The summed E-state index contributed by atoms with van der Waals surface area (Å²) < 4.78 is 29.4. The molecule has 0 saturated heterocycles. The van der Waals surface area contributed by atoms with Gasteiger partial charge in [-0.1, -0.05) is 0 Å². The molecule has 2 atom stereocenters. The monoisotopic (exact) mass is 594 g/mol. The molecule has 1 fully saturated rings. The van der Waals surface area contributed by atoms with Crippen molar-refractivity contribution in [2.75, 3.05) is 53.0 Å². The van der Waals surface area contributed by atoms with E-state index in [-0.39, 0.29) is 30.3 Å². The predicted molar refractivity (Wildman–Crippen MR) is 143 cm³/mol. The number of ketones is 1. The smallest absolute Gasteiger partial charge is 0.200 e. The first-order valence-electron chi connectivity index (χ1n) is 10.7. The summed E-state index contributed by atoms with van der Waals surface area (Å²) in [6, 6.07) is 1.85. The highest BCUT2D eigenvalue weighted by atomic mass is 79.9. The molecule has 0 aromatic heterocycles. The fourth-order valence-corrected chi connectivity index (χ4v) is 8.77. The topological polar surface area (TPSA) is 83.5 Å². The van der Waals surface area contributed by atoms with Crippen LogP contribution < -0.4 is 9.47 Å².